The minimum absolute atomic E-state index is 0.174. The molecule has 0 fully saturated rings. The van der Waals surface area contributed by atoms with Crippen LogP contribution in [0.15, 0.2) is 17.0 Å². The maximum atomic E-state index is 13.6. The van der Waals surface area contributed by atoms with Crippen LogP contribution in [0, 0.1) is 12.7 Å². The molecule has 1 rings (SSSR count). The second-order valence-electron chi connectivity index (χ2n) is 4.89. The number of nitrogens with two attached hydrogens (primary N) is 1. The summed E-state index contributed by atoms with van der Waals surface area (Å²) in [5, 5.41) is 0. The van der Waals surface area contributed by atoms with Gasteiger partial charge in [-0.3, -0.25) is 0 Å². The largest absolute Gasteiger partial charge is 0.402 e. The number of alkyl halides is 3. The van der Waals surface area contributed by atoms with E-state index >= 15 is 0 Å². The third-order valence-electron chi connectivity index (χ3n) is 2.82. The molecule has 4 nitrogen and oxygen atoms in total. The third kappa shape index (κ3) is 4.07. The normalized spacial score (nSPS) is 13.2. The van der Waals surface area contributed by atoms with E-state index in [1.807, 2.05) is 0 Å². The van der Waals surface area contributed by atoms with Gasteiger partial charge in [0.25, 0.3) is 0 Å². The average Bonchev–Trinajstić information content (AvgIpc) is 2.29. The molecule has 1 aromatic carbocycles. The molecule has 0 unspecified atom stereocenters. The Bertz CT molecular complexity index is 627. The summed E-state index contributed by atoms with van der Waals surface area (Å²) in [7, 11) is -4.52. The number of hydrogen-bond acceptors (Lipinski definition) is 3. The van der Waals surface area contributed by atoms with E-state index in [4.69, 9.17) is 5.73 Å². The number of sulfonamides is 1. The fraction of sp³-hybridized carbons (Fsp3) is 0.500. The van der Waals surface area contributed by atoms with Gasteiger partial charge in [-0.15, -0.1) is 0 Å². The minimum Gasteiger partial charge on any atom is -0.399 e. The van der Waals surface area contributed by atoms with E-state index < -0.39 is 39.5 Å². The van der Waals surface area contributed by atoms with E-state index in [0.29, 0.717) is 0 Å². The van der Waals surface area contributed by atoms with Crippen molar-refractivity contribution >= 4 is 15.7 Å². The summed E-state index contributed by atoms with van der Waals surface area (Å²) >= 11 is 0. The van der Waals surface area contributed by atoms with Gasteiger partial charge in [0.15, 0.2) is 0 Å². The van der Waals surface area contributed by atoms with E-state index in [1.54, 1.807) is 0 Å². The summed E-state index contributed by atoms with van der Waals surface area (Å²) in [6, 6.07) is 0.928. The summed E-state index contributed by atoms with van der Waals surface area (Å²) < 4.78 is 76.3. The molecule has 0 aliphatic carbocycles. The molecule has 0 heterocycles. The van der Waals surface area contributed by atoms with Crippen LogP contribution >= 0.6 is 0 Å². The smallest absolute Gasteiger partial charge is 0.399 e. The number of rotatable bonds is 4. The van der Waals surface area contributed by atoms with E-state index in [0.717, 1.165) is 12.1 Å². The number of nitrogens with zero attached hydrogens (tertiary/aromatic N) is 1. The highest BCUT2D eigenvalue weighted by molar-refractivity contribution is 7.89. The van der Waals surface area contributed by atoms with Gasteiger partial charge in [-0.05, 0) is 32.9 Å². The highest BCUT2D eigenvalue weighted by Gasteiger charge is 2.39. The lowest BCUT2D eigenvalue weighted by Crippen LogP contribution is -2.43. The van der Waals surface area contributed by atoms with E-state index in [-0.39, 0.29) is 15.6 Å². The van der Waals surface area contributed by atoms with Crippen molar-refractivity contribution in [3.05, 3.63) is 23.5 Å². The first-order valence-electron chi connectivity index (χ1n) is 6.00. The van der Waals surface area contributed by atoms with Crippen molar-refractivity contribution in [2.24, 2.45) is 0 Å². The van der Waals surface area contributed by atoms with E-state index in [9.17, 15) is 26.0 Å². The van der Waals surface area contributed by atoms with Crippen LogP contribution in [0.3, 0.4) is 0 Å². The number of halogens is 4. The number of hydrogen-bond donors (Lipinski definition) is 1. The maximum absolute atomic E-state index is 13.6. The highest BCUT2D eigenvalue weighted by Crippen LogP contribution is 2.28. The summed E-state index contributed by atoms with van der Waals surface area (Å²) in [5.41, 5.74) is 4.94. The van der Waals surface area contributed by atoms with Crippen molar-refractivity contribution in [3.63, 3.8) is 0 Å². The monoisotopic (exact) mass is 328 g/mol. The van der Waals surface area contributed by atoms with Gasteiger partial charge < -0.3 is 5.73 Å². The number of nitrogen functional groups attached to an aromatic ring is 1. The molecule has 21 heavy (non-hydrogen) atoms. The Labute approximate surface area is 120 Å². The zero-order chi connectivity index (χ0) is 16.6. The highest BCUT2D eigenvalue weighted by atomic mass is 32.2. The molecule has 0 atom stereocenters. The fourth-order valence-corrected chi connectivity index (χ4v) is 3.68. The van der Waals surface area contributed by atoms with Gasteiger partial charge in [-0.1, -0.05) is 0 Å². The maximum Gasteiger partial charge on any atom is 0.402 e. The van der Waals surface area contributed by atoms with Crippen LogP contribution in [0.1, 0.15) is 19.4 Å². The SMILES string of the molecule is Cc1c(F)cc(N)cc1S(=O)(=O)N(CC(F)(F)F)C(C)C. The van der Waals surface area contributed by atoms with Gasteiger partial charge in [-0.25, -0.2) is 12.8 Å². The molecule has 0 bridgehead atoms. The second kappa shape index (κ2) is 5.80. The molecular formula is C12H16F4N2O2S. The van der Waals surface area contributed by atoms with Crippen LogP contribution in [-0.4, -0.2) is 31.5 Å². The summed E-state index contributed by atoms with van der Waals surface area (Å²) in [4.78, 5) is -0.557. The summed E-state index contributed by atoms with van der Waals surface area (Å²) in [5.74, 6) is -0.885. The van der Waals surface area contributed by atoms with Crippen LogP contribution in [-0.2, 0) is 10.0 Å². The Morgan fingerprint density at radius 3 is 2.24 bits per heavy atom. The van der Waals surface area contributed by atoms with E-state index in [2.05, 4.69) is 0 Å². The Kier molecular flexibility index (Phi) is 4.89. The van der Waals surface area contributed by atoms with Gasteiger partial charge in [-0.2, -0.15) is 17.5 Å². The standard InChI is InChI=1S/C12H16F4N2O2S/c1-7(2)18(6-12(14,15)16)21(19,20)11-5-9(17)4-10(13)8(11)3/h4-5,7H,6,17H2,1-3H3. The zero-order valence-corrected chi connectivity index (χ0v) is 12.5. The predicted molar refractivity (Wildman–Crippen MR) is 70.6 cm³/mol. The van der Waals surface area contributed by atoms with Crippen LogP contribution in [0.25, 0.3) is 0 Å². The molecule has 120 valence electrons. The molecule has 2 N–H and O–H groups in total. The molecule has 1 aromatic rings. The molecule has 9 heteroatoms. The molecule has 0 aliphatic rings. The van der Waals surface area contributed by atoms with Crippen molar-refractivity contribution < 1.29 is 26.0 Å². The quantitative estimate of drug-likeness (QED) is 0.683. The molecule has 0 radical (unpaired) electrons. The van der Waals surface area contributed by atoms with Crippen LogP contribution in [0.5, 0.6) is 0 Å². The van der Waals surface area contributed by atoms with Crippen molar-refractivity contribution in [2.75, 3.05) is 12.3 Å². The Morgan fingerprint density at radius 2 is 1.81 bits per heavy atom. The zero-order valence-electron chi connectivity index (χ0n) is 11.7. The third-order valence-corrected chi connectivity index (χ3v) is 4.96. The topological polar surface area (TPSA) is 63.4 Å². The van der Waals surface area contributed by atoms with Crippen molar-refractivity contribution in [1.29, 1.82) is 0 Å². The van der Waals surface area contributed by atoms with Crippen molar-refractivity contribution in [2.45, 2.75) is 37.9 Å². The van der Waals surface area contributed by atoms with Gasteiger partial charge in [0.05, 0.1) is 4.90 Å². The molecule has 0 saturated heterocycles. The van der Waals surface area contributed by atoms with Crippen LogP contribution < -0.4 is 5.73 Å². The molecule has 0 spiro atoms. The minimum atomic E-state index is -4.70. The summed E-state index contributed by atoms with van der Waals surface area (Å²) in [6.07, 6.45) is -4.70. The van der Waals surface area contributed by atoms with Gasteiger partial charge in [0, 0.05) is 17.3 Å². The van der Waals surface area contributed by atoms with E-state index in [1.165, 1.54) is 20.8 Å². The Morgan fingerprint density at radius 1 is 1.29 bits per heavy atom. The first-order valence-corrected chi connectivity index (χ1v) is 7.44. The molecular weight excluding hydrogens is 312 g/mol. The van der Waals surface area contributed by atoms with Crippen LogP contribution in [0.4, 0.5) is 23.2 Å². The molecule has 0 amide bonds. The second-order valence-corrected chi connectivity index (χ2v) is 6.74. The molecule has 0 aromatic heterocycles. The van der Waals surface area contributed by atoms with Gasteiger partial charge in [0.2, 0.25) is 10.0 Å². The molecule has 0 saturated carbocycles. The van der Waals surface area contributed by atoms with Crippen LogP contribution in [0.2, 0.25) is 0 Å². The lowest BCUT2D eigenvalue weighted by Gasteiger charge is -2.27. The first kappa shape index (κ1) is 17.7. The fourth-order valence-electron chi connectivity index (χ4n) is 1.79. The lowest BCUT2D eigenvalue weighted by molar-refractivity contribution is -0.138. The van der Waals surface area contributed by atoms with Crippen molar-refractivity contribution in [1.82, 2.24) is 4.31 Å². The number of anilines is 1. The average molecular weight is 328 g/mol. The number of benzene rings is 1. The Hall–Kier alpha value is -1.35. The molecule has 0 aliphatic heterocycles. The Balaban J connectivity index is 3.44. The van der Waals surface area contributed by atoms with Gasteiger partial charge >= 0.3 is 6.18 Å². The predicted octanol–water partition coefficient (Wildman–Crippen LogP) is 2.68. The summed E-state index contributed by atoms with van der Waals surface area (Å²) in [6.45, 7) is 2.14. The van der Waals surface area contributed by atoms with Gasteiger partial charge in [0.1, 0.15) is 12.4 Å². The van der Waals surface area contributed by atoms with Crippen molar-refractivity contribution in [3.8, 4) is 0 Å². The first-order chi connectivity index (χ1) is 9.36. The lowest BCUT2D eigenvalue weighted by atomic mass is 10.2.